The van der Waals surface area contributed by atoms with E-state index in [4.69, 9.17) is 9.47 Å². The summed E-state index contributed by atoms with van der Waals surface area (Å²) in [5, 5.41) is 2.45. The van der Waals surface area contributed by atoms with Gasteiger partial charge in [-0.05, 0) is 32.1 Å². The summed E-state index contributed by atoms with van der Waals surface area (Å²) in [4.78, 5) is 35.0. The highest BCUT2D eigenvalue weighted by Crippen LogP contribution is 2.32. The van der Waals surface area contributed by atoms with Crippen molar-refractivity contribution in [2.45, 2.75) is 136 Å². The maximum absolute atomic E-state index is 12.3. The molecule has 4 atom stereocenters. The quantitative estimate of drug-likeness (QED) is 0.145. The highest BCUT2D eigenvalue weighted by atomic mass is 16.6. The van der Waals surface area contributed by atoms with Crippen LogP contribution in [0.3, 0.4) is 0 Å². The van der Waals surface area contributed by atoms with Crippen molar-refractivity contribution in [1.82, 2.24) is 5.32 Å². The molecular formula is C26H47NO5. The average molecular weight is 454 g/mol. The van der Waals surface area contributed by atoms with Gasteiger partial charge in [-0.15, -0.1) is 0 Å². The molecule has 1 amide bonds. The molecule has 6 heteroatoms. The van der Waals surface area contributed by atoms with E-state index >= 15 is 0 Å². The van der Waals surface area contributed by atoms with E-state index in [1.807, 2.05) is 0 Å². The minimum absolute atomic E-state index is 0.0718. The van der Waals surface area contributed by atoms with Gasteiger partial charge in [-0.2, -0.15) is 0 Å². The number of unbranched alkanes of at least 4 members (excludes halogenated alkanes) is 8. The summed E-state index contributed by atoms with van der Waals surface area (Å²) in [5.41, 5.74) is 0. The van der Waals surface area contributed by atoms with Crippen molar-refractivity contribution >= 4 is 18.3 Å². The molecule has 0 saturated carbocycles. The number of rotatable bonds is 20. The summed E-state index contributed by atoms with van der Waals surface area (Å²) in [6.07, 6.45) is 15.2. The highest BCUT2D eigenvalue weighted by molar-refractivity contribution is 5.79. The Kier molecular flexibility index (Phi) is 15.1. The first kappa shape index (κ1) is 28.4. The number of nitrogens with one attached hydrogen (secondary N) is 1. The molecule has 6 nitrogen and oxygen atoms in total. The predicted octanol–water partition coefficient (Wildman–Crippen LogP) is 5.71. The Balaban J connectivity index is 2.44. The number of carbonyl (C=O) groups is 3. The first-order chi connectivity index (χ1) is 15.4. The summed E-state index contributed by atoms with van der Waals surface area (Å²) in [5.74, 6) is 0.155. The molecule has 1 fully saturated rings. The molecule has 1 saturated heterocycles. The van der Waals surface area contributed by atoms with Gasteiger partial charge in [-0.3, -0.25) is 9.59 Å². The topological polar surface area (TPSA) is 81.7 Å². The van der Waals surface area contributed by atoms with Gasteiger partial charge in [-0.25, -0.2) is 4.79 Å². The first-order valence-electron chi connectivity index (χ1n) is 13.0. The lowest BCUT2D eigenvalue weighted by Gasteiger charge is -2.37. The van der Waals surface area contributed by atoms with Crippen molar-refractivity contribution in [2.24, 2.45) is 11.8 Å². The van der Waals surface area contributed by atoms with E-state index in [1.165, 1.54) is 44.9 Å². The normalized spacial score (nSPS) is 19.7. The summed E-state index contributed by atoms with van der Waals surface area (Å²) in [6, 6.07) is -0.675. The van der Waals surface area contributed by atoms with Gasteiger partial charge >= 0.3 is 11.9 Å². The Morgan fingerprint density at radius 2 is 1.62 bits per heavy atom. The third-order valence-electron chi connectivity index (χ3n) is 6.39. The number of hydrogen-bond donors (Lipinski definition) is 1. The van der Waals surface area contributed by atoms with Crippen LogP contribution in [0.5, 0.6) is 0 Å². The lowest BCUT2D eigenvalue weighted by Crippen LogP contribution is -2.47. The summed E-state index contributed by atoms with van der Waals surface area (Å²) in [7, 11) is 0. The van der Waals surface area contributed by atoms with E-state index in [2.05, 4.69) is 26.1 Å². The molecule has 0 aromatic carbocycles. The van der Waals surface area contributed by atoms with Crippen LogP contribution in [0.1, 0.15) is 118 Å². The fraction of sp³-hybridized carbons (Fsp3) is 0.885. The molecule has 0 radical (unpaired) electrons. The molecule has 186 valence electrons. The fourth-order valence-electron chi connectivity index (χ4n) is 4.26. The van der Waals surface area contributed by atoms with Gasteiger partial charge in [0.15, 0.2) is 0 Å². The van der Waals surface area contributed by atoms with Crippen LogP contribution < -0.4 is 5.32 Å². The molecule has 1 N–H and O–H groups in total. The van der Waals surface area contributed by atoms with Crippen LogP contribution in [0.15, 0.2) is 0 Å². The number of hydrogen-bond acceptors (Lipinski definition) is 5. The molecule has 1 aliphatic rings. The van der Waals surface area contributed by atoms with Crippen LogP contribution >= 0.6 is 0 Å². The standard InChI is InChI=1S/C26H47NO5/c1-5-6-7-9-13-16-22(31-25(29)21(4)27-19-28)18-24-23(26(30)32-24)17-14-11-8-10-12-15-20(2)3/h19-24H,5-18H2,1-4H3,(H,27,28)/t21-,22-,23-,24-/m0/s1. The smallest absolute Gasteiger partial charge is 0.328 e. The Bertz CT molecular complexity index is 536. The molecule has 0 aromatic heterocycles. The van der Waals surface area contributed by atoms with Crippen molar-refractivity contribution in [1.29, 1.82) is 0 Å². The van der Waals surface area contributed by atoms with Crippen LogP contribution in [-0.4, -0.2) is 36.6 Å². The third-order valence-corrected chi connectivity index (χ3v) is 6.39. The summed E-state index contributed by atoms with van der Waals surface area (Å²) >= 11 is 0. The number of carbonyl (C=O) groups excluding carboxylic acids is 3. The van der Waals surface area contributed by atoms with Crippen LogP contribution in [0.4, 0.5) is 0 Å². The third kappa shape index (κ3) is 11.9. The fourth-order valence-corrected chi connectivity index (χ4v) is 4.26. The number of amides is 1. The Morgan fingerprint density at radius 1 is 1.00 bits per heavy atom. The van der Waals surface area contributed by atoms with Crippen molar-refractivity contribution in [3.63, 3.8) is 0 Å². The lowest BCUT2D eigenvalue weighted by molar-refractivity contribution is -0.190. The van der Waals surface area contributed by atoms with Crippen LogP contribution in [-0.2, 0) is 23.9 Å². The minimum atomic E-state index is -0.675. The zero-order chi connectivity index (χ0) is 23.8. The molecule has 1 aliphatic heterocycles. The molecule has 0 aliphatic carbocycles. The molecule has 0 aromatic rings. The van der Waals surface area contributed by atoms with Gasteiger partial charge < -0.3 is 14.8 Å². The monoisotopic (exact) mass is 453 g/mol. The average Bonchev–Trinajstić information content (AvgIpc) is 2.74. The minimum Gasteiger partial charge on any atom is -0.461 e. The van der Waals surface area contributed by atoms with Gasteiger partial charge in [0.1, 0.15) is 18.2 Å². The van der Waals surface area contributed by atoms with Gasteiger partial charge in [0.05, 0.1) is 5.92 Å². The van der Waals surface area contributed by atoms with Gasteiger partial charge in [0, 0.05) is 6.42 Å². The second-order valence-corrected chi connectivity index (χ2v) is 9.82. The number of ether oxygens (including phenoxy) is 2. The molecule has 0 spiro atoms. The Labute approximate surface area is 195 Å². The van der Waals surface area contributed by atoms with E-state index in [0.29, 0.717) is 12.8 Å². The summed E-state index contributed by atoms with van der Waals surface area (Å²) < 4.78 is 11.1. The lowest BCUT2D eigenvalue weighted by atomic mass is 9.86. The predicted molar refractivity (Wildman–Crippen MR) is 127 cm³/mol. The van der Waals surface area contributed by atoms with Crippen LogP contribution in [0.2, 0.25) is 0 Å². The van der Waals surface area contributed by atoms with E-state index in [1.54, 1.807) is 6.92 Å². The summed E-state index contributed by atoms with van der Waals surface area (Å²) in [6.45, 7) is 8.32. The zero-order valence-electron chi connectivity index (χ0n) is 20.9. The van der Waals surface area contributed by atoms with E-state index in [0.717, 1.165) is 44.4 Å². The second-order valence-electron chi connectivity index (χ2n) is 9.82. The van der Waals surface area contributed by atoms with Gasteiger partial charge in [0.2, 0.25) is 6.41 Å². The molecule has 1 rings (SSSR count). The Hall–Kier alpha value is -1.59. The van der Waals surface area contributed by atoms with Crippen molar-refractivity contribution in [2.75, 3.05) is 0 Å². The van der Waals surface area contributed by atoms with E-state index < -0.39 is 12.0 Å². The molecular weight excluding hydrogens is 406 g/mol. The van der Waals surface area contributed by atoms with E-state index in [-0.39, 0.29) is 24.1 Å². The van der Waals surface area contributed by atoms with Gasteiger partial charge in [-0.1, -0.05) is 85.0 Å². The molecule has 32 heavy (non-hydrogen) atoms. The molecule has 0 unspecified atom stereocenters. The second kappa shape index (κ2) is 17.0. The molecule has 0 bridgehead atoms. The van der Waals surface area contributed by atoms with E-state index in [9.17, 15) is 14.4 Å². The Morgan fingerprint density at radius 3 is 2.25 bits per heavy atom. The van der Waals surface area contributed by atoms with Crippen molar-refractivity contribution < 1.29 is 23.9 Å². The highest BCUT2D eigenvalue weighted by Gasteiger charge is 2.43. The number of esters is 2. The van der Waals surface area contributed by atoms with Crippen molar-refractivity contribution in [3.05, 3.63) is 0 Å². The van der Waals surface area contributed by atoms with Crippen LogP contribution in [0.25, 0.3) is 0 Å². The van der Waals surface area contributed by atoms with Crippen molar-refractivity contribution in [3.8, 4) is 0 Å². The SMILES string of the molecule is CCCCCCC[C@@H](C[C@@H]1OC(=O)[C@H]1CCCCCCCC(C)C)OC(=O)[C@H](C)NC=O. The molecule has 1 heterocycles. The maximum atomic E-state index is 12.3. The van der Waals surface area contributed by atoms with Gasteiger partial charge in [0.25, 0.3) is 0 Å². The number of cyclic esters (lactones) is 1. The first-order valence-corrected chi connectivity index (χ1v) is 13.0. The largest absolute Gasteiger partial charge is 0.461 e. The zero-order valence-corrected chi connectivity index (χ0v) is 20.9. The van der Waals surface area contributed by atoms with Crippen LogP contribution in [0, 0.1) is 11.8 Å². The maximum Gasteiger partial charge on any atom is 0.328 e.